The molecule has 4 heteroatoms. The predicted molar refractivity (Wildman–Crippen MR) is 83.9 cm³/mol. The van der Waals surface area contributed by atoms with E-state index in [-0.39, 0.29) is 5.54 Å². The summed E-state index contributed by atoms with van der Waals surface area (Å²) >= 11 is 1.64. The Labute approximate surface area is 125 Å². The maximum absolute atomic E-state index is 4.28. The summed E-state index contributed by atoms with van der Waals surface area (Å²) in [4.78, 5) is 9.56. The first-order valence-corrected chi connectivity index (χ1v) is 7.54. The van der Waals surface area contributed by atoms with Gasteiger partial charge in [-0.05, 0) is 51.0 Å². The van der Waals surface area contributed by atoms with E-state index in [2.05, 4.69) is 61.2 Å². The predicted octanol–water partition coefficient (Wildman–Crippen LogP) is 3.82. The first kappa shape index (κ1) is 15.0. The Hall–Kier alpha value is -1.39. The standard InChI is InChI=1S/C16H21N3S/c1-12-9-14(20-15-11-17-7-8-18-15)6-5-13(12)10-19-16(2,3)4/h5-9,11,19H,10H2,1-4H3. The Kier molecular flexibility index (Phi) is 4.78. The zero-order valence-corrected chi connectivity index (χ0v) is 13.3. The van der Waals surface area contributed by atoms with Crippen LogP contribution in [0.1, 0.15) is 31.9 Å². The molecule has 0 spiro atoms. The Morgan fingerprint density at radius 2 is 2.00 bits per heavy atom. The molecule has 2 aromatic rings. The SMILES string of the molecule is Cc1cc(Sc2cnccn2)ccc1CNC(C)(C)C. The number of hydrogen-bond donors (Lipinski definition) is 1. The van der Waals surface area contributed by atoms with Gasteiger partial charge in [0.2, 0.25) is 0 Å². The summed E-state index contributed by atoms with van der Waals surface area (Å²) in [5, 5.41) is 4.44. The van der Waals surface area contributed by atoms with Gasteiger partial charge in [0.25, 0.3) is 0 Å². The van der Waals surface area contributed by atoms with Crippen LogP contribution in [0.5, 0.6) is 0 Å². The lowest BCUT2D eigenvalue weighted by atomic mass is 10.1. The lowest BCUT2D eigenvalue weighted by Crippen LogP contribution is -2.35. The fourth-order valence-electron chi connectivity index (χ4n) is 1.75. The molecule has 1 heterocycles. The number of nitrogens with one attached hydrogen (secondary N) is 1. The molecule has 0 unspecified atom stereocenters. The Balaban J connectivity index is 2.06. The molecule has 1 N–H and O–H groups in total. The molecular formula is C16H21N3S. The van der Waals surface area contributed by atoms with Gasteiger partial charge in [-0.25, -0.2) is 4.98 Å². The summed E-state index contributed by atoms with van der Waals surface area (Å²) in [7, 11) is 0. The Bertz CT molecular complexity index is 562. The van der Waals surface area contributed by atoms with Crippen molar-refractivity contribution in [2.75, 3.05) is 0 Å². The van der Waals surface area contributed by atoms with Crippen LogP contribution in [0.3, 0.4) is 0 Å². The van der Waals surface area contributed by atoms with Crippen molar-refractivity contribution in [2.45, 2.75) is 49.7 Å². The molecule has 2 rings (SSSR count). The summed E-state index contributed by atoms with van der Waals surface area (Å²) in [5.74, 6) is 0. The van der Waals surface area contributed by atoms with Gasteiger partial charge in [-0.1, -0.05) is 17.8 Å². The Morgan fingerprint density at radius 3 is 2.60 bits per heavy atom. The maximum Gasteiger partial charge on any atom is 0.119 e. The van der Waals surface area contributed by atoms with Crippen LogP contribution in [-0.2, 0) is 6.54 Å². The lowest BCUT2D eigenvalue weighted by Gasteiger charge is -2.21. The zero-order valence-electron chi connectivity index (χ0n) is 12.5. The van der Waals surface area contributed by atoms with Gasteiger partial charge in [-0.15, -0.1) is 0 Å². The van der Waals surface area contributed by atoms with E-state index in [9.17, 15) is 0 Å². The molecule has 0 aliphatic carbocycles. The minimum absolute atomic E-state index is 0.138. The highest BCUT2D eigenvalue weighted by atomic mass is 32.2. The molecule has 0 aliphatic rings. The molecule has 3 nitrogen and oxygen atoms in total. The van der Waals surface area contributed by atoms with E-state index in [0.717, 1.165) is 11.6 Å². The minimum atomic E-state index is 0.138. The summed E-state index contributed by atoms with van der Waals surface area (Å²) in [5.41, 5.74) is 2.78. The molecule has 0 aliphatic heterocycles. The van der Waals surface area contributed by atoms with E-state index in [1.165, 1.54) is 16.0 Å². The molecule has 0 amide bonds. The molecule has 0 radical (unpaired) electrons. The van der Waals surface area contributed by atoms with Gasteiger partial charge in [0.05, 0.1) is 6.20 Å². The molecule has 0 atom stereocenters. The highest BCUT2D eigenvalue weighted by molar-refractivity contribution is 7.99. The quantitative estimate of drug-likeness (QED) is 0.927. The number of aromatic nitrogens is 2. The van der Waals surface area contributed by atoms with Crippen molar-refractivity contribution >= 4 is 11.8 Å². The van der Waals surface area contributed by atoms with Gasteiger partial charge < -0.3 is 5.32 Å². The molecular weight excluding hydrogens is 266 g/mol. The van der Waals surface area contributed by atoms with Crippen LogP contribution < -0.4 is 5.32 Å². The molecule has 0 bridgehead atoms. The lowest BCUT2D eigenvalue weighted by molar-refractivity contribution is 0.424. The zero-order chi connectivity index (χ0) is 14.6. The molecule has 0 saturated carbocycles. The van der Waals surface area contributed by atoms with Crippen LogP contribution in [0.15, 0.2) is 46.7 Å². The fraction of sp³-hybridized carbons (Fsp3) is 0.375. The van der Waals surface area contributed by atoms with Crippen LogP contribution in [-0.4, -0.2) is 15.5 Å². The fourth-order valence-corrected chi connectivity index (χ4v) is 2.59. The highest BCUT2D eigenvalue weighted by Crippen LogP contribution is 2.27. The van der Waals surface area contributed by atoms with Crippen molar-refractivity contribution in [3.8, 4) is 0 Å². The first-order valence-electron chi connectivity index (χ1n) is 6.72. The number of rotatable bonds is 4. The van der Waals surface area contributed by atoms with E-state index in [1.54, 1.807) is 30.4 Å². The van der Waals surface area contributed by atoms with Crippen molar-refractivity contribution in [3.05, 3.63) is 47.9 Å². The average molecular weight is 287 g/mol. The third-order valence-corrected chi connectivity index (χ3v) is 3.79. The van der Waals surface area contributed by atoms with Crippen molar-refractivity contribution in [3.63, 3.8) is 0 Å². The van der Waals surface area contributed by atoms with Crippen LogP contribution >= 0.6 is 11.8 Å². The smallest absolute Gasteiger partial charge is 0.119 e. The number of aryl methyl sites for hydroxylation is 1. The van der Waals surface area contributed by atoms with Crippen LogP contribution in [0.2, 0.25) is 0 Å². The molecule has 106 valence electrons. The van der Waals surface area contributed by atoms with E-state index < -0.39 is 0 Å². The van der Waals surface area contributed by atoms with Gasteiger partial charge in [0.1, 0.15) is 5.03 Å². The monoisotopic (exact) mass is 287 g/mol. The second-order valence-corrected chi connectivity index (χ2v) is 6.93. The summed E-state index contributed by atoms with van der Waals surface area (Å²) in [6, 6.07) is 6.54. The largest absolute Gasteiger partial charge is 0.308 e. The number of benzene rings is 1. The molecule has 0 saturated heterocycles. The second kappa shape index (κ2) is 6.37. The van der Waals surface area contributed by atoms with Crippen LogP contribution in [0, 0.1) is 6.92 Å². The van der Waals surface area contributed by atoms with Crippen molar-refractivity contribution in [2.24, 2.45) is 0 Å². The van der Waals surface area contributed by atoms with Gasteiger partial charge in [0, 0.05) is 29.4 Å². The summed E-state index contributed by atoms with van der Waals surface area (Å²) in [6.07, 6.45) is 5.20. The molecule has 0 fully saturated rings. The van der Waals surface area contributed by atoms with E-state index in [0.29, 0.717) is 0 Å². The van der Waals surface area contributed by atoms with Crippen molar-refractivity contribution in [1.29, 1.82) is 0 Å². The molecule has 20 heavy (non-hydrogen) atoms. The third-order valence-electron chi connectivity index (χ3n) is 2.89. The average Bonchev–Trinajstić information content (AvgIpc) is 2.38. The third kappa shape index (κ3) is 4.62. The minimum Gasteiger partial charge on any atom is -0.308 e. The van der Waals surface area contributed by atoms with E-state index in [4.69, 9.17) is 0 Å². The topological polar surface area (TPSA) is 37.8 Å². The Morgan fingerprint density at radius 1 is 1.20 bits per heavy atom. The highest BCUT2D eigenvalue weighted by Gasteiger charge is 2.09. The van der Waals surface area contributed by atoms with Crippen molar-refractivity contribution < 1.29 is 0 Å². The van der Waals surface area contributed by atoms with Gasteiger partial charge in [-0.2, -0.15) is 0 Å². The summed E-state index contributed by atoms with van der Waals surface area (Å²) < 4.78 is 0. The second-order valence-electron chi connectivity index (χ2n) is 5.84. The summed E-state index contributed by atoms with van der Waals surface area (Å²) in [6.45, 7) is 9.59. The van der Waals surface area contributed by atoms with Crippen molar-refractivity contribution in [1.82, 2.24) is 15.3 Å². The van der Waals surface area contributed by atoms with Gasteiger partial charge in [0.15, 0.2) is 0 Å². The molecule has 1 aromatic heterocycles. The van der Waals surface area contributed by atoms with Gasteiger partial charge >= 0.3 is 0 Å². The maximum atomic E-state index is 4.28. The van der Waals surface area contributed by atoms with E-state index in [1.807, 2.05) is 0 Å². The number of nitrogens with zero attached hydrogens (tertiary/aromatic N) is 2. The van der Waals surface area contributed by atoms with E-state index >= 15 is 0 Å². The van der Waals surface area contributed by atoms with Crippen LogP contribution in [0.25, 0.3) is 0 Å². The van der Waals surface area contributed by atoms with Crippen LogP contribution in [0.4, 0.5) is 0 Å². The molecule has 1 aromatic carbocycles. The van der Waals surface area contributed by atoms with Gasteiger partial charge in [-0.3, -0.25) is 4.98 Å². The number of hydrogen-bond acceptors (Lipinski definition) is 4. The normalized spacial score (nSPS) is 11.6. The first-order chi connectivity index (χ1) is 9.44.